The summed E-state index contributed by atoms with van der Waals surface area (Å²) in [6.45, 7) is 2.08. The molecule has 1 aromatic carbocycles. The Morgan fingerprint density at radius 3 is 2.87 bits per heavy atom. The van der Waals surface area contributed by atoms with Crippen LogP contribution in [0.15, 0.2) is 57.8 Å². The standard InChI is InChI=1S/C21H19N5O5/c1-13(27)17-7-6-16(31-17)10-26-23-9-18(25-26)24-21(28)19-20(30-12-22-19)15-5-3-4-14(8-15)11-29-2/h3-9,12H,10-11H2,1-2H3,(H,24,25,28). The van der Waals surface area contributed by atoms with Gasteiger partial charge in [-0.15, -0.1) is 5.10 Å². The minimum absolute atomic E-state index is 0.126. The van der Waals surface area contributed by atoms with Gasteiger partial charge in [0.25, 0.3) is 5.91 Å². The summed E-state index contributed by atoms with van der Waals surface area (Å²) < 4.78 is 16.0. The summed E-state index contributed by atoms with van der Waals surface area (Å²) in [6.07, 6.45) is 2.62. The highest BCUT2D eigenvalue weighted by atomic mass is 16.5. The van der Waals surface area contributed by atoms with Gasteiger partial charge in [-0.1, -0.05) is 18.2 Å². The maximum absolute atomic E-state index is 12.7. The summed E-state index contributed by atoms with van der Waals surface area (Å²) in [5.74, 6) is 0.728. The molecular weight excluding hydrogens is 402 g/mol. The molecular formula is C21H19N5O5. The van der Waals surface area contributed by atoms with E-state index in [0.717, 1.165) is 5.56 Å². The maximum Gasteiger partial charge on any atom is 0.279 e. The molecule has 0 aliphatic rings. The molecule has 0 aliphatic heterocycles. The fourth-order valence-corrected chi connectivity index (χ4v) is 2.98. The molecule has 31 heavy (non-hydrogen) atoms. The number of aromatic nitrogens is 4. The van der Waals surface area contributed by atoms with E-state index in [4.69, 9.17) is 13.6 Å². The number of Topliss-reactive ketones (excluding diaryl/α,β-unsaturated/α-hetero) is 1. The second-order valence-corrected chi connectivity index (χ2v) is 6.70. The van der Waals surface area contributed by atoms with Gasteiger partial charge in [-0.05, 0) is 23.8 Å². The number of ether oxygens (including phenoxy) is 1. The number of methoxy groups -OCH3 is 1. The number of benzene rings is 1. The molecule has 0 saturated heterocycles. The summed E-state index contributed by atoms with van der Waals surface area (Å²) in [7, 11) is 1.61. The Labute approximate surface area is 176 Å². The lowest BCUT2D eigenvalue weighted by Crippen LogP contribution is -2.14. The van der Waals surface area contributed by atoms with E-state index < -0.39 is 5.91 Å². The van der Waals surface area contributed by atoms with Crippen molar-refractivity contribution >= 4 is 17.5 Å². The van der Waals surface area contributed by atoms with Gasteiger partial charge in [-0.3, -0.25) is 9.59 Å². The lowest BCUT2D eigenvalue weighted by molar-refractivity contribution is 0.0983. The third-order valence-electron chi connectivity index (χ3n) is 4.37. The van der Waals surface area contributed by atoms with E-state index in [2.05, 4.69) is 20.5 Å². The number of ketones is 1. The van der Waals surface area contributed by atoms with E-state index in [1.54, 1.807) is 19.2 Å². The highest BCUT2D eigenvalue weighted by molar-refractivity contribution is 6.05. The van der Waals surface area contributed by atoms with Gasteiger partial charge in [0.1, 0.15) is 12.3 Å². The van der Waals surface area contributed by atoms with Crippen LogP contribution < -0.4 is 5.32 Å². The molecule has 10 nitrogen and oxygen atoms in total. The number of nitrogens with zero attached hydrogens (tertiary/aromatic N) is 4. The number of anilines is 1. The van der Waals surface area contributed by atoms with E-state index in [-0.39, 0.29) is 29.6 Å². The van der Waals surface area contributed by atoms with Crippen molar-refractivity contribution in [2.75, 3.05) is 12.4 Å². The lowest BCUT2D eigenvalue weighted by Gasteiger charge is -2.04. The smallest absolute Gasteiger partial charge is 0.279 e. The van der Waals surface area contributed by atoms with Gasteiger partial charge in [0.2, 0.25) is 0 Å². The Morgan fingerprint density at radius 2 is 2.10 bits per heavy atom. The molecule has 3 aromatic heterocycles. The molecule has 0 atom stereocenters. The number of hydrogen-bond acceptors (Lipinski definition) is 8. The number of furan rings is 1. The number of oxazole rings is 1. The Balaban J connectivity index is 1.47. The minimum atomic E-state index is -0.482. The molecule has 10 heteroatoms. The monoisotopic (exact) mass is 421 g/mol. The molecule has 1 amide bonds. The first-order valence-corrected chi connectivity index (χ1v) is 9.36. The third kappa shape index (κ3) is 4.59. The van der Waals surface area contributed by atoms with Crippen LogP contribution in [0.3, 0.4) is 0 Å². The largest absolute Gasteiger partial charge is 0.456 e. The van der Waals surface area contributed by atoms with Gasteiger partial charge in [-0.2, -0.15) is 9.90 Å². The number of nitrogens with one attached hydrogen (secondary N) is 1. The van der Waals surface area contributed by atoms with Crippen LogP contribution in [0.4, 0.5) is 5.82 Å². The molecule has 0 fully saturated rings. The van der Waals surface area contributed by atoms with Crippen molar-refractivity contribution in [3.05, 3.63) is 71.8 Å². The summed E-state index contributed by atoms with van der Waals surface area (Å²) in [5.41, 5.74) is 1.78. The van der Waals surface area contributed by atoms with Gasteiger partial charge in [0.05, 0.1) is 12.8 Å². The van der Waals surface area contributed by atoms with Gasteiger partial charge >= 0.3 is 0 Å². The maximum atomic E-state index is 12.7. The van der Waals surface area contributed by atoms with Gasteiger partial charge < -0.3 is 18.9 Å². The predicted octanol–water partition coefficient (Wildman–Crippen LogP) is 3.18. The Bertz CT molecular complexity index is 1220. The van der Waals surface area contributed by atoms with Crippen LogP contribution in [-0.2, 0) is 17.9 Å². The molecule has 4 rings (SSSR count). The van der Waals surface area contributed by atoms with Crippen molar-refractivity contribution in [1.82, 2.24) is 20.0 Å². The number of rotatable bonds is 8. The van der Waals surface area contributed by atoms with E-state index in [1.807, 2.05) is 24.3 Å². The molecule has 4 aromatic rings. The molecule has 0 radical (unpaired) electrons. The average molecular weight is 421 g/mol. The van der Waals surface area contributed by atoms with Crippen molar-refractivity contribution in [2.24, 2.45) is 0 Å². The summed E-state index contributed by atoms with van der Waals surface area (Å²) in [5, 5.41) is 11.0. The highest BCUT2D eigenvalue weighted by Crippen LogP contribution is 2.25. The Morgan fingerprint density at radius 1 is 1.23 bits per heavy atom. The second-order valence-electron chi connectivity index (χ2n) is 6.70. The van der Waals surface area contributed by atoms with E-state index in [0.29, 0.717) is 23.7 Å². The van der Waals surface area contributed by atoms with Crippen LogP contribution in [0.2, 0.25) is 0 Å². The normalized spacial score (nSPS) is 10.9. The van der Waals surface area contributed by atoms with E-state index in [9.17, 15) is 9.59 Å². The Kier molecular flexibility index (Phi) is 5.72. The Hall–Kier alpha value is -4.05. The first kappa shape index (κ1) is 20.2. The predicted molar refractivity (Wildman–Crippen MR) is 108 cm³/mol. The zero-order valence-electron chi connectivity index (χ0n) is 16.9. The molecule has 3 heterocycles. The molecule has 0 saturated carbocycles. The number of hydrogen-bond donors (Lipinski definition) is 1. The fraction of sp³-hybridized carbons (Fsp3) is 0.190. The molecule has 0 unspecified atom stereocenters. The molecule has 0 bridgehead atoms. The van der Waals surface area contributed by atoms with Gasteiger partial charge in [-0.25, -0.2) is 4.98 Å². The quantitative estimate of drug-likeness (QED) is 0.430. The summed E-state index contributed by atoms with van der Waals surface area (Å²) in [6, 6.07) is 10.7. The van der Waals surface area contributed by atoms with Crippen LogP contribution in [0.5, 0.6) is 0 Å². The SMILES string of the molecule is COCc1cccc(-c2ocnc2C(=O)Nc2cnn(Cc3ccc(C(C)=O)o3)n2)c1. The number of carbonyl (C=O) groups is 2. The van der Waals surface area contributed by atoms with Crippen LogP contribution in [-0.4, -0.2) is 38.8 Å². The van der Waals surface area contributed by atoms with Crippen molar-refractivity contribution in [1.29, 1.82) is 0 Å². The van der Waals surface area contributed by atoms with Crippen LogP contribution in [0, 0.1) is 0 Å². The van der Waals surface area contributed by atoms with Crippen molar-refractivity contribution in [2.45, 2.75) is 20.1 Å². The zero-order chi connectivity index (χ0) is 21.8. The van der Waals surface area contributed by atoms with Crippen molar-refractivity contribution in [3.8, 4) is 11.3 Å². The molecule has 1 N–H and O–H groups in total. The highest BCUT2D eigenvalue weighted by Gasteiger charge is 2.20. The molecule has 158 valence electrons. The minimum Gasteiger partial charge on any atom is -0.456 e. The van der Waals surface area contributed by atoms with Gasteiger partial charge in [0.15, 0.2) is 35.2 Å². The fourth-order valence-electron chi connectivity index (χ4n) is 2.98. The van der Waals surface area contributed by atoms with Crippen LogP contribution >= 0.6 is 0 Å². The molecule has 0 aliphatic carbocycles. The molecule has 0 spiro atoms. The lowest BCUT2D eigenvalue weighted by atomic mass is 10.1. The van der Waals surface area contributed by atoms with Crippen molar-refractivity contribution < 1.29 is 23.2 Å². The summed E-state index contributed by atoms with van der Waals surface area (Å²) >= 11 is 0. The van der Waals surface area contributed by atoms with Crippen LogP contribution in [0.25, 0.3) is 11.3 Å². The average Bonchev–Trinajstić information content (AvgIpc) is 3.49. The van der Waals surface area contributed by atoms with Gasteiger partial charge in [0, 0.05) is 19.6 Å². The third-order valence-corrected chi connectivity index (χ3v) is 4.37. The van der Waals surface area contributed by atoms with Crippen LogP contribution in [0.1, 0.15) is 39.3 Å². The first-order valence-electron chi connectivity index (χ1n) is 9.36. The van der Waals surface area contributed by atoms with Crippen molar-refractivity contribution in [3.63, 3.8) is 0 Å². The topological polar surface area (TPSA) is 125 Å². The summed E-state index contributed by atoms with van der Waals surface area (Å²) in [4.78, 5) is 29.5. The van der Waals surface area contributed by atoms with E-state index in [1.165, 1.54) is 24.3 Å². The number of amides is 1. The second kappa shape index (κ2) is 8.76. The zero-order valence-corrected chi connectivity index (χ0v) is 16.9. The number of carbonyl (C=O) groups excluding carboxylic acids is 2. The van der Waals surface area contributed by atoms with E-state index >= 15 is 0 Å². The first-order chi connectivity index (χ1) is 15.0.